The first-order valence-electron chi connectivity index (χ1n) is 6.33. The Morgan fingerprint density at radius 3 is 2.59 bits per heavy atom. The third-order valence-electron chi connectivity index (χ3n) is 2.65. The smallest absolute Gasteiger partial charge is 0.251 e. The van der Waals surface area contributed by atoms with Crippen LogP contribution in [0.4, 0.5) is 5.82 Å². The molecule has 1 heterocycles. The number of hydrogen-bond donors (Lipinski definition) is 2. The maximum Gasteiger partial charge on any atom is 0.251 e. The van der Waals surface area contributed by atoms with Crippen LogP contribution in [0.1, 0.15) is 16.1 Å². The largest absolute Gasteiger partial charge is 0.360 e. The van der Waals surface area contributed by atoms with Crippen molar-refractivity contribution in [1.29, 1.82) is 0 Å². The van der Waals surface area contributed by atoms with Crippen LogP contribution in [-0.2, 0) is 10.0 Å². The van der Waals surface area contributed by atoms with E-state index < -0.39 is 10.0 Å². The predicted octanol–water partition coefficient (Wildman–Crippen LogP) is 1.81. The van der Waals surface area contributed by atoms with Crippen molar-refractivity contribution in [2.75, 3.05) is 17.0 Å². The lowest BCUT2D eigenvalue weighted by Crippen LogP contribution is -2.31. The number of sulfonamides is 1. The van der Waals surface area contributed by atoms with Crippen LogP contribution in [0.25, 0.3) is 0 Å². The summed E-state index contributed by atoms with van der Waals surface area (Å²) in [5, 5.41) is 6.57. The second kappa shape index (κ2) is 6.80. The number of nitrogens with one attached hydrogen (secondary N) is 2. The number of aromatic nitrogens is 1. The molecular formula is C13H14ClN3O4S. The van der Waals surface area contributed by atoms with Crippen molar-refractivity contribution in [2.24, 2.45) is 0 Å². The van der Waals surface area contributed by atoms with Gasteiger partial charge in [0.05, 0.1) is 5.75 Å². The standard InChI is InChI=1S/C13H14ClN3O4S/c1-9-8-12(16-21-9)17-22(19,20)7-6-15-13(18)10-2-4-11(14)5-3-10/h2-5,8H,6-7H2,1H3,(H,15,18)(H,16,17). The summed E-state index contributed by atoms with van der Waals surface area (Å²) in [7, 11) is -3.61. The predicted molar refractivity (Wildman–Crippen MR) is 82.4 cm³/mol. The molecule has 22 heavy (non-hydrogen) atoms. The van der Waals surface area contributed by atoms with Gasteiger partial charge in [0, 0.05) is 23.2 Å². The molecule has 0 aliphatic heterocycles. The topological polar surface area (TPSA) is 101 Å². The zero-order valence-corrected chi connectivity index (χ0v) is 13.2. The molecule has 0 atom stereocenters. The number of nitrogens with zero attached hydrogens (tertiary/aromatic N) is 1. The fourth-order valence-corrected chi connectivity index (χ4v) is 2.64. The van der Waals surface area contributed by atoms with Crippen molar-refractivity contribution in [3.63, 3.8) is 0 Å². The van der Waals surface area contributed by atoms with Gasteiger partial charge in [0.1, 0.15) is 5.76 Å². The van der Waals surface area contributed by atoms with Gasteiger partial charge < -0.3 is 9.84 Å². The lowest BCUT2D eigenvalue weighted by molar-refractivity contribution is 0.0956. The minimum absolute atomic E-state index is 0.0341. The molecule has 0 saturated carbocycles. The summed E-state index contributed by atoms with van der Waals surface area (Å²) in [6, 6.07) is 7.75. The van der Waals surface area contributed by atoms with Crippen molar-refractivity contribution in [2.45, 2.75) is 6.92 Å². The van der Waals surface area contributed by atoms with Gasteiger partial charge in [-0.05, 0) is 31.2 Å². The number of amides is 1. The van der Waals surface area contributed by atoms with Gasteiger partial charge >= 0.3 is 0 Å². The number of carbonyl (C=O) groups excluding carboxylic acids is 1. The van der Waals surface area contributed by atoms with E-state index >= 15 is 0 Å². The summed E-state index contributed by atoms with van der Waals surface area (Å²) in [6.07, 6.45) is 0. The zero-order chi connectivity index (χ0) is 16.2. The summed E-state index contributed by atoms with van der Waals surface area (Å²) >= 11 is 5.73. The van der Waals surface area contributed by atoms with E-state index in [4.69, 9.17) is 16.1 Å². The third kappa shape index (κ3) is 4.74. The molecular weight excluding hydrogens is 330 g/mol. The van der Waals surface area contributed by atoms with Gasteiger partial charge in [-0.1, -0.05) is 16.8 Å². The number of benzene rings is 1. The summed E-state index contributed by atoms with van der Waals surface area (Å²) in [6.45, 7) is 1.62. The van der Waals surface area contributed by atoms with Crippen LogP contribution in [0.3, 0.4) is 0 Å². The average molecular weight is 344 g/mol. The minimum atomic E-state index is -3.61. The minimum Gasteiger partial charge on any atom is -0.360 e. The van der Waals surface area contributed by atoms with Crippen molar-refractivity contribution < 1.29 is 17.7 Å². The lowest BCUT2D eigenvalue weighted by Gasteiger charge is -2.07. The number of carbonyl (C=O) groups is 1. The third-order valence-corrected chi connectivity index (χ3v) is 4.16. The van der Waals surface area contributed by atoms with Gasteiger partial charge in [-0.2, -0.15) is 0 Å². The SMILES string of the molecule is Cc1cc(NS(=O)(=O)CCNC(=O)c2ccc(Cl)cc2)no1. The Labute approximate surface area is 132 Å². The Morgan fingerprint density at radius 1 is 1.32 bits per heavy atom. The molecule has 0 radical (unpaired) electrons. The van der Waals surface area contributed by atoms with Crippen LogP contribution >= 0.6 is 11.6 Å². The van der Waals surface area contributed by atoms with E-state index in [1.807, 2.05) is 0 Å². The van der Waals surface area contributed by atoms with Gasteiger partial charge in [0.15, 0.2) is 5.82 Å². The van der Waals surface area contributed by atoms with Crippen LogP contribution in [0.15, 0.2) is 34.9 Å². The van der Waals surface area contributed by atoms with E-state index in [1.165, 1.54) is 6.07 Å². The Kier molecular flexibility index (Phi) is 5.04. The van der Waals surface area contributed by atoms with Crippen LogP contribution in [0.2, 0.25) is 5.02 Å². The van der Waals surface area contributed by atoms with Gasteiger partial charge in [-0.3, -0.25) is 9.52 Å². The van der Waals surface area contributed by atoms with Crippen molar-refractivity contribution >= 4 is 33.3 Å². The number of halogens is 1. The van der Waals surface area contributed by atoms with Crippen LogP contribution in [0.5, 0.6) is 0 Å². The van der Waals surface area contributed by atoms with Crippen LogP contribution in [0, 0.1) is 6.92 Å². The normalized spacial score (nSPS) is 11.2. The second-order valence-electron chi connectivity index (χ2n) is 4.51. The molecule has 0 aliphatic carbocycles. The molecule has 0 aliphatic rings. The molecule has 0 saturated heterocycles. The molecule has 7 nitrogen and oxygen atoms in total. The fourth-order valence-electron chi connectivity index (χ4n) is 1.63. The Balaban J connectivity index is 1.84. The van der Waals surface area contributed by atoms with Crippen molar-refractivity contribution in [1.82, 2.24) is 10.5 Å². The molecule has 2 aromatic rings. The van der Waals surface area contributed by atoms with Gasteiger partial charge in [0.2, 0.25) is 10.0 Å². The molecule has 9 heteroatoms. The summed E-state index contributed by atoms with van der Waals surface area (Å²) in [5.41, 5.74) is 0.405. The summed E-state index contributed by atoms with van der Waals surface area (Å²) in [4.78, 5) is 11.8. The number of rotatable bonds is 6. The van der Waals surface area contributed by atoms with E-state index in [0.29, 0.717) is 16.3 Å². The maximum absolute atomic E-state index is 11.8. The van der Waals surface area contributed by atoms with E-state index in [2.05, 4.69) is 15.2 Å². The first-order valence-corrected chi connectivity index (χ1v) is 8.36. The molecule has 0 spiro atoms. The first-order chi connectivity index (χ1) is 10.4. The molecule has 2 rings (SSSR count). The van der Waals surface area contributed by atoms with Crippen molar-refractivity contribution in [3.05, 3.63) is 46.7 Å². The highest BCUT2D eigenvalue weighted by molar-refractivity contribution is 7.92. The highest BCUT2D eigenvalue weighted by Crippen LogP contribution is 2.10. The maximum atomic E-state index is 11.8. The quantitative estimate of drug-likeness (QED) is 0.832. The molecule has 0 unspecified atom stereocenters. The average Bonchev–Trinajstić information content (AvgIpc) is 2.83. The molecule has 0 fully saturated rings. The highest BCUT2D eigenvalue weighted by Gasteiger charge is 2.14. The van der Waals surface area contributed by atoms with E-state index in [1.54, 1.807) is 31.2 Å². The molecule has 0 bridgehead atoms. The molecule has 2 N–H and O–H groups in total. The van der Waals surface area contributed by atoms with Gasteiger partial charge in [0.25, 0.3) is 5.91 Å². The Hall–Kier alpha value is -2.06. The molecule has 1 aromatic carbocycles. The summed E-state index contributed by atoms with van der Waals surface area (Å²) < 4.78 is 30.6. The van der Waals surface area contributed by atoms with Gasteiger partial charge in [-0.15, -0.1) is 0 Å². The first kappa shape index (κ1) is 16.3. The Morgan fingerprint density at radius 2 is 2.00 bits per heavy atom. The number of aryl methyl sites for hydroxylation is 1. The fraction of sp³-hybridized carbons (Fsp3) is 0.231. The van der Waals surface area contributed by atoms with E-state index in [0.717, 1.165) is 0 Å². The lowest BCUT2D eigenvalue weighted by atomic mass is 10.2. The van der Waals surface area contributed by atoms with E-state index in [-0.39, 0.29) is 24.0 Å². The highest BCUT2D eigenvalue weighted by atomic mass is 35.5. The Bertz CT molecular complexity index is 756. The number of hydrogen-bond acceptors (Lipinski definition) is 5. The second-order valence-corrected chi connectivity index (χ2v) is 6.78. The molecule has 1 amide bonds. The number of anilines is 1. The van der Waals surface area contributed by atoms with Gasteiger partial charge in [-0.25, -0.2) is 8.42 Å². The van der Waals surface area contributed by atoms with Crippen molar-refractivity contribution in [3.8, 4) is 0 Å². The van der Waals surface area contributed by atoms with E-state index in [9.17, 15) is 13.2 Å². The zero-order valence-electron chi connectivity index (χ0n) is 11.7. The monoisotopic (exact) mass is 343 g/mol. The molecule has 1 aromatic heterocycles. The molecule has 118 valence electrons. The van der Waals surface area contributed by atoms with Crippen LogP contribution in [-0.4, -0.2) is 31.8 Å². The van der Waals surface area contributed by atoms with Crippen LogP contribution < -0.4 is 10.0 Å². The summed E-state index contributed by atoms with van der Waals surface area (Å²) in [5.74, 6) is -0.0440.